The lowest BCUT2D eigenvalue weighted by Gasteiger charge is -2.23. The number of carbonyl (C=O) groups is 2. The molecule has 0 aliphatic heterocycles. The summed E-state index contributed by atoms with van der Waals surface area (Å²) in [6.07, 6.45) is 2.79. The van der Waals surface area contributed by atoms with Crippen LogP contribution in [0.15, 0.2) is 107 Å². The van der Waals surface area contributed by atoms with Crippen molar-refractivity contribution in [1.82, 2.24) is 4.98 Å². The van der Waals surface area contributed by atoms with E-state index in [2.05, 4.69) is 4.98 Å². The molecule has 39 heavy (non-hydrogen) atoms. The number of pyridine rings is 1. The quantitative estimate of drug-likeness (QED) is 0.213. The van der Waals surface area contributed by atoms with Gasteiger partial charge in [0.2, 0.25) is 0 Å². The number of benzene rings is 3. The number of furan rings is 1. The average molecular weight is 561 g/mol. The zero-order chi connectivity index (χ0) is 27.6. The second-order valence-electron chi connectivity index (χ2n) is 8.34. The molecular formula is C29H21ClN2O6S. The molecule has 3 aromatic carbocycles. The smallest absolute Gasteiger partial charge is 0.342 e. The van der Waals surface area contributed by atoms with E-state index in [1.807, 2.05) is 6.07 Å². The summed E-state index contributed by atoms with van der Waals surface area (Å²) in [7, 11) is -4.42. The van der Waals surface area contributed by atoms with E-state index in [4.69, 9.17) is 20.8 Å². The summed E-state index contributed by atoms with van der Waals surface area (Å²) in [5.41, 5.74) is 1.19. The number of hydrogen-bond acceptors (Lipinski definition) is 7. The van der Waals surface area contributed by atoms with Crippen molar-refractivity contribution in [3.63, 3.8) is 0 Å². The molecule has 0 bridgehead atoms. The average Bonchev–Trinajstić information content (AvgIpc) is 3.33. The molecule has 2 aromatic heterocycles. The topological polar surface area (TPSA) is 107 Å². The lowest BCUT2D eigenvalue weighted by Crippen LogP contribution is -2.37. The second kappa shape index (κ2) is 10.7. The second-order valence-corrected chi connectivity index (χ2v) is 10.6. The Kier molecular flexibility index (Phi) is 7.19. The van der Waals surface area contributed by atoms with Crippen molar-refractivity contribution >= 4 is 50.2 Å². The molecule has 2 heterocycles. The molecule has 0 N–H and O–H groups in total. The molecule has 0 aliphatic carbocycles. The van der Waals surface area contributed by atoms with Crippen molar-refractivity contribution in [3.05, 3.63) is 113 Å². The van der Waals surface area contributed by atoms with Gasteiger partial charge < -0.3 is 9.15 Å². The van der Waals surface area contributed by atoms with E-state index in [9.17, 15) is 18.0 Å². The van der Waals surface area contributed by atoms with Crippen molar-refractivity contribution in [2.24, 2.45) is 0 Å². The molecule has 0 fully saturated rings. The van der Waals surface area contributed by atoms with Crippen LogP contribution in [0.2, 0.25) is 5.02 Å². The first-order chi connectivity index (χ1) is 18.8. The van der Waals surface area contributed by atoms with Gasteiger partial charge in [-0.1, -0.05) is 41.9 Å². The van der Waals surface area contributed by atoms with Crippen molar-refractivity contribution in [2.45, 2.75) is 11.8 Å². The number of carbonyl (C=O) groups excluding carboxylic acids is 2. The molecule has 0 saturated carbocycles. The predicted octanol–water partition coefficient (Wildman–Crippen LogP) is 6.36. The van der Waals surface area contributed by atoms with Crippen LogP contribution in [-0.2, 0) is 14.8 Å². The van der Waals surface area contributed by atoms with E-state index in [0.717, 1.165) is 0 Å². The highest BCUT2D eigenvalue weighted by molar-refractivity contribution is 7.93. The summed E-state index contributed by atoms with van der Waals surface area (Å²) >= 11 is 5.97. The van der Waals surface area contributed by atoms with Gasteiger partial charge in [-0.25, -0.2) is 13.2 Å². The first-order valence-corrected chi connectivity index (χ1v) is 13.7. The van der Waals surface area contributed by atoms with Gasteiger partial charge in [-0.2, -0.15) is 4.31 Å². The third-order valence-electron chi connectivity index (χ3n) is 5.89. The summed E-state index contributed by atoms with van der Waals surface area (Å²) in [6.45, 7) is 1.80. The largest absolute Gasteiger partial charge is 0.462 e. The number of aromatic nitrogens is 1. The van der Waals surface area contributed by atoms with Crippen LogP contribution in [-0.4, -0.2) is 31.9 Å². The highest BCUT2D eigenvalue weighted by Crippen LogP contribution is 2.37. The van der Waals surface area contributed by atoms with Gasteiger partial charge in [0.1, 0.15) is 16.9 Å². The number of anilines is 1. The third-order valence-corrected chi connectivity index (χ3v) is 7.86. The van der Waals surface area contributed by atoms with Crippen LogP contribution in [0.1, 0.15) is 27.6 Å². The number of rotatable bonds is 7. The number of esters is 1. The van der Waals surface area contributed by atoms with Crippen LogP contribution in [0.4, 0.5) is 5.69 Å². The molecule has 0 spiro atoms. The van der Waals surface area contributed by atoms with Crippen molar-refractivity contribution in [3.8, 4) is 11.3 Å². The van der Waals surface area contributed by atoms with Gasteiger partial charge in [-0.05, 0) is 61.5 Å². The van der Waals surface area contributed by atoms with Crippen molar-refractivity contribution in [1.29, 1.82) is 0 Å². The molecule has 0 atom stereocenters. The minimum atomic E-state index is -4.42. The Hall–Kier alpha value is -4.47. The molecule has 0 radical (unpaired) electrons. The zero-order valence-corrected chi connectivity index (χ0v) is 22.1. The maximum absolute atomic E-state index is 13.9. The maximum atomic E-state index is 13.9. The van der Waals surface area contributed by atoms with Crippen LogP contribution in [0.25, 0.3) is 22.3 Å². The fourth-order valence-corrected chi connectivity index (χ4v) is 5.63. The number of fused-ring (bicyclic) bond motifs is 1. The monoisotopic (exact) mass is 560 g/mol. The Morgan fingerprint density at radius 1 is 0.949 bits per heavy atom. The summed E-state index contributed by atoms with van der Waals surface area (Å²) in [5, 5.41) is 0.636. The van der Waals surface area contributed by atoms with E-state index < -0.39 is 21.9 Å². The molecule has 5 rings (SSSR count). The number of ether oxygens (including phenoxy) is 1. The summed E-state index contributed by atoms with van der Waals surface area (Å²) in [6, 6.07) is 21.7. The number of halogens is 1. The standard InChI is InChI=1S/C29H21ClN2O6S/c1-2-37-29(34)26-24-18-22(10-13-25(24)38-27(26)19-6-4-3-5-7-19)32(28(33)20-14-16-31-17-15-20)39(35,36)23-11-8-21(30)9-12-23/h3-18H,2H2,1H3. The SMILES string of the molecule is CCOC(=O)c1c(-c2ccccc2)oc2ccc(N(C(=O)c3ccncc3)S(=O)(=O)c3ccc(Cl)cc3)cc12. The van der Waals surface area contributed by atoms with Gasteiger partial charge >= 0.3 is 5.97 Å². The van der Waals surface area contributed by atoms with Gasteiger partial charge in [0.15, 0.2) is 0 Å². The number of hydrogen-bond donors (Lipinski definition) is 0. The zero-order valence-electron chi connectivity index (χ0n) is 20.6. The molecular weight excluding hydrogens is 540 g/mol. The van der Waals surface area contributed by atoms with Gasteiger partial charge in [-0.15, -0.1) is 0 Å². The van der Waals surface area contributed by atoms with Crippen LogP contribution >= 0.6 is 11.6 Å². The van der Waals surface area contributed by atoms with Crippen LogP contribution in [0.3, 0.4) is 0 Å². The Morgan fingerprint density at radius 2 is 1.64 bits per heavy atom. The van der Waals surface area contributed by atoms with E-state index in [1.165, 1.54) is 67.0 Å². The fourth-order valence-electron chi connectivity index (χ4n) is 4.10. The van der Waals surface area contributed by atoms with Crippen molar-refractivity contribution in [2.75, 3.05) is 10.9 Å². The van der Waals surface area contributed by atoms with Crippen molar-refractivity contribution < 1.29 is 27.2 Å². The van der Waals surface area contributed by atoms with Gasteiger partial charge in [0, 0.05) is 33.9 Å². The first kappa shape index (κ1) is 26.1. The van der Waals surface area contributed by atoms with Gasteiger partial charge in [-0.3, -0.25) is 9.78 Å². The minimum absolute atomic E-state index is 0.00484. The first-order valence-electron chi connectivity index (χ1n) is 11.9. The number of amides is 1. The van der Waals surface area contributed by atoms with Gasteiger partial charge in [0.25, 0.3) is 15.9 Å². The Morgan fingerprint density at radius 3 is 2.31 bits per heavy atom. The Bertz CT molecular complexity index is 1770. The van der Waals surface area contributed by atoms with E-state index in [0.29, 0.717) is 25.9 Å². The maximum Gasteiger partial charge on any atom is 0.342 e. The lowest BCUT2D eigenvalue weighted by atomic mass is 10.1. The van der Waals surface area contributed by atoms with E-state index >= 15 is 0 Å². The number of sulfonamides is 1. The van der Waals surface area contributed by atoms with Crippen LogP contribution in [0, 0.1) is 0 Å². The minimum Gasteiger partial charge on any atom is -0.462 e. The van der Waals surface area contributed by atoms with E-state index in [-0.39, 0.29) is 34.1 Å². The Balaban J connectivity index is 1.74. The molecule has 1 amide bonds. The molecule has 196 valence electrons. The summed E-state index contributed by atoms with van der Waals surface area (Å²) in [5.74, 6) is -1.18. The van der Waals surface area contributed by atoms with E-state index in [1.54, 1.807) is 31.2 Å². The summed E-state index contributed by atoms with van der Waals surface area (Å²) in [4.78, 5) is 30.6. The molecule has 8 nitrogen and oxygen atoms in total. The molecule has 5 aromatic rings. The summed E-state index contributed by atoms with van der Waals surface area (Å²) < 4.78 is 39.8. The molecule has 10 heteroatoms. The number of nitrogens with zero attached hydrogens (tertiary/aromatic N) is 2. The highest BCUT2D eigenvalue weighted by atomic mass is 35.5. The Labute approximate surface area is 229 Å². The molecule has 0 saturated heterocycles. The fraction of sp³-hybridized carbons (Fsp3) is 0.0690. The van der Waals surface area contributed by atoms with Crippen LogP contribution in [0.5, 0.6) is 0 Å². The predicted molar refractivity (Wildman–Crippen MR) is 147 cm³/mol. The normalized spacial score (nSPS) is 11.3. The third kappa shape index (κ3) is 5.01. The van der Waals surface area contributed by atoms with Crippen LogP contribution < -0.4 is 4.31 Å². The van der Waals surface area contributed by atoms with Gasteiger partial charge in [0.05, 0.1) is 17.2 Å². The molecule has 0 aliphatic rings. The molecule has 0 unspecified atom stereocenters. The highest BCUT2D eigenvalue weighted by Gasteiger charge is 2.33. The lowest BCUT2D eigenvalue weighted by molar-refractivity contribution is 0.0528.